The lowest BCUT2D eigenvalue weighted by Gasteiger charge is -2.19. The third-order valence-corrected chi connectivity index (χ3v) is 7.80. The van der Waals surface area contributed by atoms with Gasteiger partial charge in [0.25, 0.3) is 0 Å². The van der Waals surface area contributed by atoms with E-state index < -0.39 is 23.7 Å². The molecule has 0 atom stereocenters. The van der Waals surface area contributed by atoms with Gasteiger partial charge in [0.05, 0.1) is 35.9 Å². The molecular weight excluding hydrogens is 838 g/mol. The van der Waals surface area contributed by atoms with E-state index in [1.165, 1.54) is 12.1 Å². The molecule has 1 aliphatic heterocycles. The Morgan fingerprint density at radius 1 is 0.855 bits per heavy atom. The number of ether oxygens (including phenoxy) is 1. The van der Waals surface area contributed by atoms with Gasteiger partial charge in [-0.25, -0.2) is 38.5 Å². The molecule has 0 fully saturated rings. The molecule has 2 N–H and O–H groups in total. The van der Waals surface area contributed by atoms with Crippen LogP contribution in [0.4, 0.5) is 26.7 Å². The molecule has 7 rings (SSSR count). The first-order valence-electron chi connectivity index (χ1n) is 16.5. The van der Waals surface area contributed by atoms with E-state index in [1.54, 1.807) is 103 Å². The van der Waals surface area contributed by atoms with Crippen LogP contribution in [0.3, 0.4) is 0 Å². The normalized spacial score (nSPS) is 12.7. The minimum atomic E-state index is -4.60. The fraction of sp³-hybridized carbons (Fsp3) is 0.243. The zero-order valence-corrected chi connectivity index (χ0v) is 31.9. The molecule has 286 valence electrons. The van der Waals surface area contributed by atoms with E-state index in [0.717, 1.165) is 0 Å². The number of nitrogens with one attached hydrogen (secondary N) is 2. The lowest BCUT2D eigenvalue weighted by Crippen LogP contribution is -2.35. The first kappa shape index (κ1) is 40.5. The third-order valence-electron chi connectivity index (χ3n) is 7.80. The summed E-state index contributed by atoms with van der Waals surface area (Å²) in [6.45, 7) is 5.05. The molecule has 0 aliphatic carbocycles. The molecule has 5 heterocycles. The fourth-order valence-corrected chi connectivity index (χ4v) is 5.36. The van der Waals surface area contributed by atoms with Crippen LogP contribution >= 0.6 is 24.0 Å². The molecule has 12 nitrogen and oxygen atoms in total. The largest absolute Gasteiger partial charge is 0.451 e. The molecule has 18 heteroatoms. The maximum atomic E-state index is 14.0. The van der Waals surface area contributed by atoms with Crippen molar-refractivity contribution >= 4 is 58.6 Å². The number of benzene rings is 2. The maximum Gasteiger partial charge on any atom is 0.451 e. The Labute approximate surface area is 328 Å². The molecule has 1 aliphatic rings. The zero-order valence-electron chi connectivity index (χ0n) is 29.6. The van der Waals surface area contributed by atoms with Gasteiger partial charge in [-0.15, -0.1) is 24.0 Å². The second kappa shape index (κ2) is 16.8. The van der Waals surface area contributed by atoms with Gasteiger partial charge in [0.1, 0.15) is 28.6 Å². The van der Waals surface area contributed by atoms with Crippen LogP contribution in [0.15, 0.2) is 95.7 Å². The highest BCUT2D eigenvalue weighted by molar-refractivity contribution is 14.0. The minimum absolute atomic E-state index is 0. The van der Waals surface area contributed by atoms with Crippen LogP contribution in [0.2, 0.25) is 0 Å². The molecule has 4 aromatic heterocycles. The summed E-state index contributed by atoms with van der Waals surface area (Å²) >= 11 is 0. The summed E-state index contributed by atoms with van der Waals surface area (Å²) in [6.07, 6.45) is 4.94. The van der Waals surface area contributed by atoms with Crippen LogP contribution < -0.4 is 5.32 Å². The Kier molecular flexibility index (Phi) is 12.4. The maximum absolute atomic E-state index is 14.0. The fourth-order valence-electron chi connectivity index (χ4n) is 5.36. The molecule has 0 radical (unpaired) electrons. The number of hydrogen-bond acceptors (Lipinski definition) is 9. The predicted molar refractivity (Wildman–Crippen MR) is 206 cm³/mol. The van der Waals surface area contributed by atoms with E-state index in [-0.39, 0.29) is 78.7 Å². The topological polar surface area (TPSA) is 147 Å². The number of alkyl carbamates (subject to hydrolysis) is 1. The van der Waals surface area contributed by atoms with Crippen LogP contribution in [0, 0.1) is 17.0 Å². The molecule has 0 bridgehead atoms. The Morgan fingerprint density at radius 2 is 1.40 bits per heavy atom. The van der Waals surface area contributed by atoms with Crippen molar-refractivity contribution < 1.29 is 31.5 Å². The number of alkyl halides is 3. The van der Waals surface area contributed by atoms with Crippen LogP contribution in [0.5, 0.6) is 0 Å². The molecule has 6 aromatic rings. The van der Waals surface area contributed by atoms with Gasteiger partial charge in [0, 0.05) is 50.0 Å². The Hall–Kier alpha value is -5.66. The van der Waals surface area contributed by atoms with Gasteiger partial charge in [0.2, 0.25) is 5.84 Å². The van der Waals surface area contributed by atoms with Gasteiger partial charge in [-0.1, -0.05) is 36.4 Å². The number of amides is 1. The van der Waals surface area contributed by atoms with E-state index in [1.807, 2.05) is 0 Å². The Morgan fingerprint density at radius 3 is 1.93 bits per heavy atom. The van der Waals surface area contributed by atoms with E-state index in [9.17, 15) is 26.7 Å². The number of rotatable bonds is 8. The summed E-state index contributed by atoms with van der Waals surface area (Å²) in [5.41, 5.74) is 3.24. The van der Waals surface area contributed by atoms with Crippen molar-refractivity contribution in [1.82, 2.24) is 34.1 Å². The van der Waals surface area contributed by atoms with Gasteiger partial charge >= 0.3 is 12.3 Å². The van der Waals surface area contributed by atoms with Crippen LogP contribution in [-0.2, 0) is 17.6 Å². The zero-order chi connectivity index (χ0) is 38.6. The number of carbonyl (C=O) groups excluding carboxylic acids is 1. The average Bonchev–Trinajstić information content (AvgIpc) is 3.90. The second-order valence-electron chi connectivity index (χ2n) is 13.0. The first-order chi connectivity index (χ1) is 25.6. The number of hydrogen-bond donors (Lipinski definition) is 2. The number of nitrogens with zero attached hydrogens (tertiary/aromatic N) is 8. The van der Waals surface area contributed by atoms with E-state index in [4.69, 9.17) is 10.1 Å². The molecule has 0 saturated heterocycles. The van der Waals surface area contributed by atoms with Crippen molar-refractivity contribution in [2.75, 3.05) is 13.1 Å². The quantitative estimate of drug-likeness (QED) is 0.0941. The van der Waals surface area contributed by atoms with Crippen molar-refractivity contribution in [2.24, 2.45) is 9.98 Å². The predicted octanol–water partition coefficient (Wildman–Crippen LogP) is 7.19. The number of aromatic nitrogens is 6. The second-order valence-corrected chi connectivity index (χ2v) is 13.0. The highest BCUT2D eigenvalue weighted by Gasteiger charge is 2.38. The minimum Gasteiger partial charge on any atom is -0.444 e. The van der Waals surface area contributed by atoms with Crippen molar-refractivity contribution in [1.29, 1.82) is 5.41 Å². The van der Waals surface area contributed by atoms with Gasteiger partial charge < -0.3 is 24.3 Å². The lowest BCUT2D eigenvalue weighted by molar-refractivity contribution is -0.0595. The van der Waals surface area contributed by atoms with Gasteiger partial charge in [-0.3, -0.25) is 4.99 Å². The molecule has 0 saturated carbocycles. The smallest absolute Gasteiger partial charge is 0.444 e. The molecule has 0 spiro atoms. The molecule has 2 aromatic carbocycles. The average molecular weight is 873 g/mol. The Bertz CT molecular complexity index is 2420. The molecule has 0 unspecified atom stereocenters. The van der Waals surface area contributed by atoms with Crippen LogP contribution in [0.1, 0.15) is 54.7 Å². The van der Waals surface area contributed by atoms with Crippen molar-refractivity contribution in [3.63, 3.8) is 0 Å². The number of halogens is 6. The summed E-state index contributed by atoms with van der Waals surface area (Å²) in [5.74, 6) is -1.87. The molecular formula is C37H34F5IN10O2. The van der Waals surface area contributed by atoms with Crippen LogP contribution in [0.25, 0.3) is 11.3 Å². The highest BCUT2D eigenvalue weighted by Crippen LogP contribution is 2.23. The Balaban J connectivity index is 0.000000208. The monoisotopic (exact) mass is 872 g/mol. The van der Waals surface area contributed by atoms with E-state index in [2.05, 4.69) is 35.2 Å². The van der Waals surface area contributed by atoms with Crippen molar-refractivity contribution in [3.05, 3.63) is 131 Å². The molecule has 1 amide bonds. The number of imidazole rings is 2. The highest BCUT2D eigenvalue weighted by atomic mass is 127. The number of carbonyl (C=O) groups is 1. The van der Waals surface area contributed by atoms with Crippen LogP contribution in [-0.4, -0.2) is 77.0 Å². The lowest BCUT2D eigenvalue weighted by atomic mass is 10.1. The number of aliphatic imine (C=N–C) groups is 2. The SMILES string of the molecule is CC(C)(C)OC(=O)NCC(=N)c1cn2ccnc2c(Cc2ccccc2F)n1.Fc1ccccc1Cc1nc(C2=NC(C(F)(F)F)=NC2)cn2ccnc12.I. The third kappa shape index (κ3) is 10.1. The first-order valence-corrected chi connectivity index (χ1v) is 16.5. The summed E-state index contributed by atoms with van der Waals surface area (Å²) in [7, 11) is 0. The summed E-state index contributed by atoms with van der Waals surface area (Å²) in [5, 5.41) is 10.8. The van der Waals surface area contributed by atoms with E-state index >= 15 is 0 Å². The summed E-state index contributed by atoms with van der Waals surface area (Å²) < 4.78 is 74.8. The number of fused-ring (bicyclic) bond motifs is 2. The summed E-state index contributed by atoms with van der Waals surface area (Å²) in [6, 6.07) is 12.7. The number of amidine groups is 1. The van der Waals surface area contributed by atoms with Gasteiger partial charge in [-0.05, 0) is 44.0 Å². The van der Waals surface area contributed by atoms with E-state index in [0.29, 0.717) is 39.5 Å². The van der Waals surface area contributed by atoms with Crippen molar-refractivity contribution in [3.8, 4) is 0 Å². The summed E-state index contributed by atoms with van der Waals surface area (Å²) in [4.78, 5) is 36.1. The van der Waals surface area contributed by atoms with Gasteiger partial charge in [0.15, 0.2) is 11.3 Å². The van der Waals surface area contributed by atoms with Gasteiger partial charge in [-0.2, -0.15) is 13.2 Å². The molecule has 55 heavy (non-hydrogen) atoms. The standard InChI is InChI=1S/C20H22FN5O2.C17H11F4N5.HI/c1-20(2,3)28-19(27)24-11-15(22)17-12-26-9-8-23-18(26)16(25-17)10-13-6-4-5-7-14(13)21;18-11-4-2-1-3-10(11)7-12-15-22-5-6-26(15)9-14(24-12)13-8-23-16(25-13)17(19,20)21;/h4-9,12,22H,10-11H2,1-3H3,(H,24,27);1-6,9H,7-8H2;1H. The van der Waals surface area contributed by atoms with Crippen molar-refractivity contribution in [2.45, 2.75) is 45.4 Å².